The van der Waals surface area contributed by atoms with Gasteiger partial charge in [0.05, 0.1) is 0 Å². The number of likely N-dealkylation sites (N-methyl/N-ethyl adjacent to an activating group) is 1. The maximum atomic E-state index is 3.72. The molecule has 0 aliphatic carbocycles. The Morgan fingerprint density at radius 1 is 1.14 bits per heavy atom. The van der Waals surface area contributed by atoms with Crippen molar-refractivity contribution in [3.8, 4) is 0 Å². The molecule has 0 bridgehead atoms. The van der Waals surface area contributed by atoms with Crippen molar-refractivity contribution in [2.75, 3.05) is 6.54 Å². The molecule has 112 valence electrons. The zero-order chi connectivity index (χ0) is 14.7. The van der Waals surface area contributed by atoms with Crippen LogP contribution in [-0.2, 0) is 19.3 Å². The number of hydrogen-bond donors (Lipinski definition) is 1. The van der Waals surface area contributed by atoms with Gasteiger partial charge in [-0.3, -0.25) is 0 Å². The summed E-state index contributed by atoms with van der Waals surface area (Å²) in [6.45, 7) is 5.50. The van der Waals surface area contributed by atoms with Gasteiger partial charge in [0, 0.05) is 25.9 Å². The highest BCUT2D eigenvalue weighted by Crippen LogP contribution is 2.39. The van der Waals surface area contributed by atoms with Crippen molar-refractivity contribution in [3.63, 3.8) is 0 Å². The van der Waals surface area contributed by atoms with Crippen LogP contribution >= 0.6 is 23.1 Å². The fraction of sp³-hybridized carbons (Fsp3) is 0.444. The second-order valence-electron chi connectivity index (χ2n) is 5.56. The van der Waals surface area contributed by atoms with Crippen LogP contribution in [0.2, 0.25) is 0 Å². The minimum absolute atomic E-state index is 0.566. The summed E-state index contributed by atoms with van der Waals surface area (Å²) in [5.41, 5.74) is 1.52. The Labute approximate surface area is 136 Å². The van der Waals surface area contributed by atoms with E-state index < -0.39 is 0 Å². The molecule has 1 N–H and O–H groups in total. The van der Waals surface area contributed by atoms with Gasteiger partial charge >= 0.3 is 0 Å². The number of rotatable bonds is 6. The van der Waals surface area contributed by atoms with Crippen LogP contribution in [0.4, 0.5) is 0 Å². The van der Waals surface area contributed by atoms with Crippen LogP contribution in [0.25, 0.3) is 0 Å². The average Bonchev–Trinajstić information content (AvgIpc) is 3.12. The van der Waals surface area contributed by atoms with E-state index in [9.17, 15) is 0 Å². The molecule has 0 saturated carbocycles. The van der Waals surface area contributed by atoms with E-state index >= 15 is 0 Å². The second-order valence-corrected chi connectivity index (χ2v) is 8.09. The fourth-order valence-corrected chi connectivity index (χ4v) is 5.39. The van der Waals surface area contributed by atoms with Crippen LogP contribution in [0.5, 0.6) is 0 Å². The molecule has 2 unspecified atom stereocenters. The van der Waals surface area contributed by atoms with Crippen LogP contribution in [0.3, 0.4) is 0 Å². The summed E-state index contributed by atoms with van der Waals surface area (Å²) in [6, 6.07) is 14.0. The number of aryl methyl sites for hydroxylation is 1. The molecule has 3 rings (SSSR count). The van der Waals surface area contributed by atoms with Crippen molar-refractivity contribution in [1.82, 2.24) is 5.32 Å². The minimum Gasteiger partial charge on any atom is -0.313 e. The topological polar surface area (TPSA) is 12.0 Å². The monoisotopic (exact) mass is 317 g/mol. The fourth-order valence-electron chi connectivity index (χ4n) is 2.97. The summed E-state index contributed by atoms with van der Waals surface area (Å²) in [5.74, 6) is 0. The summed E-state index contributed by atoms with van der Waals surface area (Å²) < 4.78 is 0. The Balaban J connectivity index is 1.70. The smallest absolute Gasteiger partial charge is 0.0292 e. The predicted octanol–water partition coefficient (Wildman–Crippen LogP) is 4.55. The van der Waals surface area contributed by atoms with E-state index in [1.165, 1.54) is 26.6 Å². The zero-order valence-electron chi connectivity index (χ0n) is 12.8. The van der Waals surface area contributed by atoms with E-state index in [0.717, 1.165) is 19.4 Å². The maximum Gasteiger partial charge on any atom is 0.0292 e. The van der Waals surface area contributed by atoms with Crippen molar-refractivity contribution in [3.05, 3.63) is 51.7 Å². The van der Waals surface area contributed by atoms with Gasteiger partial charge in [0.25, 0.3) is 0 Å². The minimum atomic E-state index is 0.566. The van der Waals surface area contributed by atoms with Gasteiger partial charge in [-0.2, -0.15) is 0 Å². The lowest BCUT2D eigenvalue weighted by Gasteiger charge is -2.23. The molecule has 0 spiro atoms. The van der Waals surface area contributed by atoms with Gasteiger partial charge in [0.1, 0.15) is 0 Å². The first-order chi connectivity index (χ1) is 10.3. The predicted molar refractivity (Wildman–Crippen MR) is 94.7 cm³/mol. The highest BCUT2D eigenvalue weighted by molar-refractivity contribution is 8.00. The molecule has 0 saturated heterocycles. The second kappa shape index (κ2) is 6.99. The third-order valence-electron chi connectivity index (χ3n) is 4.07. The number of thioether (sulfide) groups is 1. The molecule has 2 heterocycles. The molecule has 1 aromatic carbocycles. The first-order valence-corrected chi connectivity index (χ1v) is 9.55. The molecule has 2 aromatic rings. The van der Waals surface area contributed by atoms with Crippen LogP contribution < -0.4 is 5.32 Å². The molecule has 0 radical (unpaired) electrons. The third kappa shape index (κ3) is 3.53. The first kappa shape index (κ1) is 15.1. The normalized spacial score (nSPS) is 18.7. The Bertz CT molecular complexity index is 565. The molecule has 1 nitrogen and oxygen atoms in total. The summed E-state index contributed by atoms with van der Waals surface area (Å²) in [6.07, 6.45) is 3.51. The van der Waals surface area contributed by atoms with E-state index in [4.69, 9.17) is 0 Å². The van der Waals surface area contributed by atoms with E-state index in [2.05, 4.69) is 67.3 Å². The summed E-state index contributed by atoms with van der Waals surface area (Å²) in [5, 5.41) is 4.38. The van der Waals surface area contributed by atoms with E-state index in [-0.39, 0.29) is 0 Å². The van der Waals surface area contributed by atoms with E-state index in [1.54, 1.807) is 0 Å². The van der Waals surface area contributed by atoms with Gasteiger partial charge in [-0.1, -0.05) is 32.0 Å². The molecule has 0 amide bonds. The Morgan fingerprint density at radius 3 is 2.67 bits per heavy atom. The molecular formula is C18H23NS2. The van der Waals surface area contributed by atoms with E-state index in [0.29, 0.717) is 11.3 Å². The molecule has 3 heteroatoms. The van der Waals surface area contributed by atoms with Gasteiger partial charge in [0.15, 0.2) is 0 Å². The van der Waals surface area contributed by atoms with Crippen molar-refractivity contribution in [2.24, 2.45) is 0 Å². The lowest BCUT2D eigenvalue weighted by atomic mass is 10.0. The number of hydrogen-bond acceptors (Lipinski definition) is 3. The molecule has 1 aromatic heterocycles. The van der Waals surface area contributed by atoms with Gasteiger partial charge in [-0.05, 0) is 49.6 Å². The molecule has 0 fully saturated rings. The largest absolute Gasteiger partial charge is 0.313 e. The van der Waals surface area contributed by atoms with E-state index in [1.807, 2.05) is 11.3 Å². The van der Waals surface area contributed by atoms with Gasteiger partial charge in [0.2, 0.25) is 0 Å². The number of thiophene rings is 1. The highest BCUT2D eigenvalue weighted by Gasteiger charge is 2.29. The number of fused-ring (bicyclic) bond motifs is 1. The van der Waals surface area contributed by atoms with Crippen molar-refractivity contribution in [2.45, 2.75) is 49.3 Å². The first-order valence-electron chi connectivity index (χ1n) is 7.85. The average molecular weight is 318 g/mol. The molecule has 2 atom stereocenters. The standard InChI is InChI=1S/C18H23NS2/c1-3-14-9-10-15(20-14)12-16(19-4-2)18-11-13-7-5-6-8-17(13)21-18/h5-10,16,18-19H,3-4,11-12H2,1-2H3. The molecule has 1 aliphatic heterocycles. The lowest BCUT2D eigenvalue weighted by Crippen LogP contribution is -2.39. The van der Waals surface area contributed by atoms with Crippen LogP contribution in [0.15, 0.2) is 41.3 Å². The summed E-state index contributed by atoms with van der Waals surface area (Å²) in [4.78, 5) is 4.50. The zero-order valence-corrected chi connectivity index (χ0v) is 14.4. The number of nitrogens with one attached hydrogen (secondary N) is 1. The van der Waals surface area contributed by atoms with Gasteiger partial charge in [-0.25, -0.2) is 0 Å². The maximum absolute atomic E-state index is 3.72. The molecule has 1 aliphatic rings. The Hall–Kier alpha value is -0.770. The molecule has 21 heavy (non-hydrogen) atoms. The number of benzene rings is 1. The van der Waals surface area contributed by atoms with Crippen LogP contribution in [0, 0.1) is 0 Å². The van der Waals surface area contributed by atoms with Crippen LogP contribution in [0.1, 0.15) is 29.2 Å². The Morgan fingerprint density at radius 2 is 1.95 bits per heavy atom. The Kier molecular flexibility index (Phi) is 5.04. The van der Waals surface area contributed by atoms with Crippen molar-refractivity contribution in [1.29, 1.82) is 0 Å². The SMILES string of the molecule is CCNC(Cc1ccc(CC)s1)C1Cc2ccccc2S1. The summed E-state index contributed by atoms with van der Waals surface area (Å²) in [7, 11) is 0. The molecular weight excluding hydrogens is 294 g/mol. The van der Waals surface area contributed by atoms with Crippen LogP contribution in [-0.4, -0.2) is 17.8 Å². The van der Waals surface area contributed by atoms with Gasteiger partial charge in [-0.15, -0.1) is 23.1 Å². The quantitative estimate of drug-likeness (QED) is 0.839. The van der Waals surface area contributed by atoms with Crippen molar-refractivity contribution < 1.29 is 0 Å². The van der Waals surface area contributed by atoms with Gasteiger partial charge < -0.3 is 5.32 Å². The third-order valence-corrected chi connectivity index (χ3v) is 6.78. The summed E-state index contributed by atoms with van der Waals surface area (Å²) >= 11 is 4.04. The van der Waals surface area contributed by atoms with Crippen molar-refractivity contribution >= 4 is 23.1 Å². The highest BCUT2D eigenvalue weighted by atomic mass is 32.2. The lowest BCUT2D eigenvalue weighted by molar-refractivity contribution is 0.508.